The van der Waals surface area contributed by atoms with Gasteiger partial charge in [-0.3, -0.25) is 0 Å². The summed E-state index contributed by atoms with van der Waals surface area (Å²) in [5, 5.41) is 5.44. The number of hydrogen-bond donors (Lipinski definition) is 2. The van der Waals surface area contributed by atoms with Gasteiger partial charge in [0.1, 0.15) is 17.8 Å². The van der Waals surface area contributed by atoms with Crippen LogP contribution in [-0.2, 0) is 0 Å². The number of aryl methyl sites for hydroxylation is 1. The smallest absolute Gasteiger partial charge is 0.248 e. The molecule has 26 heavy (non-hydrogen) atoms. The summed E-state index contributed by atoms with van der Waals surface area (Å²) in [4.78, 5) is 8.39. The Morgan fingerprint density at radius 2 is 1.65 bits per heavy atom. The average Bonchev–Trinajstić information content (AvgIpc) is 2.67. The van der Waals surface area contributed by atoms with Gasteiger partial charge in [-0.15, -0.1) is 0 Å². The highest BCUT2D eigenvalue weighted by atomic mass is 16.5. The second kappa shape index (κ2) is 6.72. The number of nitrogens with zero attached hydrogens (tertiary/aromatic N) is 2. The minimum Gasteiger partial charge on any atom is -0.437 e. The van der Waals surface area contributed by atoms with Crippen molar-refractivity contribution >= 4 is 28.0 Å². The van der Waals surface area contributed by atoms with E-state index in [0.717, 1.165) is 16.5 Å². The molecule has 4 rings (SSSR count). The summed E-state index contributed by atoms with van der Waals surface area (Å²) < 4.78 is 5.90. The van der Waals surface area contributed by atoms with Gasteiger partial charge in [0.05, 0.1) is 0 Å². The highest BCUT2D eigenvalue weighted by molar-refractivity contribution is 5.84. The molecule has 0 radical (unpaired) electrons. The van der Waals surface area contributed by atoms with E-state index >= 15 is 0 Å². The number of fused-ring (bicyclic) bond motifs is 1. The monoisotopic (exact) mass is 342 g/mol. The third-order valence-corrected chi connectivity index (χ3v) is 4.10. The van der Waals surface area contributed by atoms with Gasteiger partial charge in [0.25, 0.3) is 0 Å². The van der Waals surface area contributed by atoms with E-state index in [4.69, 9.17) is 10.5 Å². The number of hydrogen-bond acceptors (Lipinski definition) is 5. The highest BCUT2D eigenvalue weighted by Gasteiger charge is 2.11. The van der Waals surface area contributed by atoms with Crippen LogP contribution in [0.25, 0.3) is 10.8 Å². The fraction of sp³-hybridized carbons (Fsp3) is 0.0476. The van der Waals surface area contributed by atoms with Crippen molar-refractivity contribution in [2.45, 2.75) is 6.92 Å². The molecule has 3 aromatic carbocycles. The summed E-state index contributed by atoms with van der Waals surface area (Å²) in [5.41, 5.74) is 8.66. The van der Waals surface area contributed by atoms with E-state index in [1.54, 1.807) is 0 Å². The number of nitrogen functional groups attached to an aromatic ring is 1. The molecule has 128 valence electrons. The Morgan fingerprint density at radius 1 is 0.885 bits per heavy atom. The van der Waals surface area contributed by atoms with Crippen LogP contribution < -0.4 is 15.8 Å². The molecule has 4 aromatic rings. The van der Waals surface area contributed by atoms with Crippen molar-refractivity contribution in [3.63, 3.8) is 0 Å². The molecule has 0 atom stereocenters. The third-order valence-electron chi connectivity index (χ3n) is 4.10. The van der Waals surface area contributed by atoms with Gasteiger partial charge in [0.15, 0.2) is 5.82 Å². The topological polar surface area (TPSA) is 73.1 Å². The van der Waals surface area contributed by atoms with E-state index in [-0.39, 0.29) is 0 Å². The van der Waals surface area contributed by atoms with Gasteiger partial charge in [0.2, 0.25) is 5.88 Å². The molecular formula is C21H18N4O. The van der Waals surface area contributed by atoms with Crippen molar-refractivity contribution < 1.29 is 4.74 Å². The average molecular weight is 342 g/mol. The van der Waals surface area contributed by atoms with Crippen LogP contribution >= 0.6 is 0 Å². The molecule has 0 spiro atoms. The van der Waals surface area contributed by atoms with Crippen molar-refractivity contribution in [3.8, 4) is 11.6 Å². The largest absolute Gasteiger partial charge is 0.437 e. The maximum atomic E-state index is 6.21. The number of aromatic nitrogens is 2. The van der Waals surface area contributed by atoms with Crippen LogP contribution in [0.2, 0.25) is 0 Å². The molecule has 0 aliphatic carbocycles. The van der Waals surface area contributed by atoms with E-state index in [1.165, 1.54) is 11.9 Å². The van der Waals surface area contributed by atoms with Gasteiger partial charge in [0, 0.05) is 5.69 Å². The molecule has 0 bridgehead atoms. The maximum absolute atomic E-state index is 6.21. The maximum Gasteiger partial charge on any atom is 0.248 e. The zero-order valence-electron chi connectivity index (χ0n) is 14.3. The number of anilines is 3. The molecule has 0 unspecified atom stereocenters. The fourth-order valence-corrected chi connectivity index (χ4v) is 2.68. The van der Waals surface area contributed by atoms with Crippen LogP contribution in [0, 0.1) is 6.92 Å². The molecule has 1 aromatic heterocycles. The van der Waals surface area contributed by atoms with Gasteiger partial charge >= 0.3 is 0 Å². The zero-order valence-corrected chi connectivity index (χ0v) is 14.3. The van der Waals surface area contributed by atoms with E-state index in [0.29, 0.717) is 23.1 Å². The first-order valence-corrected chi connectivity index (χ1v) is 8.30. The predicted octanol–water partition coefficient (Wildman–Crippen LogP) is 5.06. The first kappa shape index (κ1) is 15.9. The first-order valence-electron chi connectivity index (χ1n) is 8.30. The lowest BCUT2D eigenvalue weighted by Crippen LogP contribution is -2.03. The Labute approximate surface area is 151 Å². The Bertz CT molecular complexity index is 1060. The summed E-state index contributed by atoms with van der Waals surface area (Å²) in [6, 6.07) is 22.0. The molecule has 0 saturated carbocycles. The molecule has 0 aliphatic rings. The predicted molar refractivity (Wildman–Crippen MR) is 105 cm³/mol. The van der Waals surface area contributed by atoms with Crippen molar-refractivity contribution in [3.05, 3.63) is 78.6 Å². The van der Waals surface area contributed by atoms with Crippen molar-refractivity contribution in [2.24, 2.45) is 0 Å². The summed E-state index contributed by atoms with van der Waals surface area (Å²) in [6.07, 6.45) is 1.43. The van der Waals surface area contributed by atoms with Gasteiger partial charge in [-0.2, -0.15) is 4.98 Å². The summed E-state index contributed by atoms with van der Waals surface area (Å²) in [5.74, 6) is 1.51. The number of nitrogens with one attached hydrogen (secondary N) is 1. The molecule has 5 nitrogen and oxygen atoms in total. The fourth-order valence-electron chi connectivity index (χ4n) is 2.68. The lowest BCUT2D eigenvalue weighted by molar-refractivity contribution is 0.465. The van der Waals surface area contributed by atoms with Gasteiger partial charge in [-0.1, -0.05) is 48.0 Å². The summed E-state index contributed by atoms with van der Waals surface area (Å²) in [7, 11) is 0. The SMILES string of the molecule is Cc1ccc(Nc2ncnc(Oc3ccc4ccccc4c3)c2N)cc1. The van der Waals surface area contributed by atoms with Crippen LogP contribution in [-0.4, -0.2) is 9.97 Å². The van der Waals surface area contributed by atoms with Gasteiger partial charge in [-0.25, -0.2) is 4.98 Å². The molecule has 5 heteroatoms. The quantitative estimate of drug-likeness (QED) is 0.542. The summed E-state index contributed by atoms with van der Waals surface area (Å²) in [6.45, 7) is 2.04. The van der Waals surface area contributed by atoms with Crippen molar-refractivity contribution in [2.75, 3.05) is 11.1 Å². The van der Waals surface area contributed by atoms with E-state index in [2.05, 4.69) is 21.4 Å². The molecule has 0 amide bonds. The first-order chi connectivity index (χ1) is 12.7. The molecule has 0 saturated heterocycles. The molecule has 3 N–H and O–H groups in total. The lowest BCUT2D eigenvalue weighted by atomic mass is 10.1. The minimum atomic E-state index is 0.324. The zero-order chi connectivity index (χ0) is 17.9. The van der Waals surface area contributed by atoms with Crippen LogP contribution in [0.15, 0.2) is 73.1 Å². The molecular weight excluding hydrogens is 324 g/mol. The third kappa shape index (κ3) is 3.28. The van der Waals surface area contributed by atoms with Crippen LogP contribution in [0.5, 0.6) is 11.6 Å². The Balaban J connectivity index is 1.61. The second-order valence-corrected chi connectivity index (χ2v) is 6.04. The summed E-state index contributed by atoms with van der Waals surface area (Å²) >= 11 is 0. The minimum absolute atomic E-state index is 0.324. The molecule has 0 aliphatic heterocycles. The number of benzene rings is 3. The Morgan fingerprint density at radius 3 is 2.46 bits per heavy atom. The number of ether oxygens (including phenoxy) is 1. The van der Waals surface area contributed by atoms with Gasteiger partial charge in [-0.05, 0) is 42.0 Å². The molecule has 0 fully saturated rings. The van der Waals surface area contributed by atoms with Crippen molar-refractivity contribution in [1.82, 2.24) is 9.97 Å². The van der Waals surface area contributed by atoms with Crippen molar-refractivity contribution in [1.29, 1.82) is 0 Å². The Kier molecular flexibility index (Phi) is 4.11. The number of rotatable bonds is 4. The van der Waals surface area contributed by atoms with E-state index in [9.17, 15) is 0 Å². The Hall–Kier alpha value is -3.60. The van der Waals surface area contributed by atoms with Crippen LogP contribution in [0.4, 0.5) is 17.2 Å². The van der Waals surface area contributed by atoms with Crippen LogP contribution in [0.3, 0.4) is 0 Å². The number of nitrogens with two attached hydrogens (primary N) is 1. The van der Waals surface area contributed by atoms with E-state index < -0.39 is 0 Å². The second-order valence-electron chi connectivity index (χ2n) is 6.04. The van der Waals surface area contributed by atoms with E-state index in [1.807, 2.05) is 67.6 Å². The normalized spacial score (nSPS) is 10.7. The van der Waals surface area contributed by atoms with Crippen LogP contribution in [0.1, 0.15) is 5.56 Å². The highest BCUT2D eigenvalue weighted by Crippen LogP contribution is 2.32. The van der Waals surface area contributed by atoms with Gasteiger partial charge < -0.3 is 15.8 Å². The standard InChI is InChI=1S/C21H18N4O/c1-14-6-9-17(10-7-14)25-20-19(22)21(24-13-23-20)26-18-11-8-15-4-2-3-5-16(15)12-18/h2-13H,22H2,1H3,(H,23,24,25). The lowest BCUT2D eigenvalue weighted by Gasteiger charge is -2.12. The molecule has 1 heterocycles.